The van der Waals surface area contributed by atoms with Crippen LogP contribution in [0.1, 0.15) is 36.5 Å². The zero-order valence-electron chi connectivity index (χ0n) is 16.7. The van der Waals surface area contributed by atoms with Crippen LogP contribution in [-0.4, -0.2) is 39.3 Å². The summed E-state index contributed by atoms with van der Waals surface area (Å²) in [4.78, 5) is 17.0. The second-order valence-corrected chi connectivity index (χ2v) is 8.17. The van der Waals surface area contributed by atoms with Crippen LogP contribution in [0.3, 0.4) is 0 Å². The summed E-state index contributed by atoms with van der Waals surface area (Å²) in [6.45, 7) is 2.37. The quantitative estimate of drug-likeness (QED) is 0.558. The van der Waals surface area contributed by atoms with Crippen LogP contribution < -0.4 is 10.1 Å². The normalized spacial score (nSPS) is 21.8. The van der Waals surface area contributed by atoms with Gasteiger partial charge in [-0.05, 0) is 56.4 Å². The molecule has 7 nitrogen and oxygen atoms in total. The van der Waals surface area contributed by atoms with E-state index in [1.54, 1.807) is 18.2 Å². The molecule has 0 aliphatic heterocycles. The van der Waals surface area contributed by atoms with E-state index in [0.29, 0.717) is 29.4 Å². The molecule has 3 aliphatic rings. The third kappa shape index (κ3) is 2.42. The monoisotopic (exact) mass is 411 g/mol. The predicted molar refractivity (Wildman–Crippen MR) is 108 cm³/mol. The molecule has 3 aromatic rings. The molecule has 8 heteroatoms. The number of aromatic nitrogens is 2. The van der Waals surface area contributed by atoms with Crippen molar-refractivity contribution in [1.82, 2.24) is 14.9 Å². The second-order valence-electron chi connectivity index (χ2n) is 8.17. The van der Waals surface area contributed by atoms with Gasteiger partial charge in [0.05, 0.1) is 23.7 Å². The van der Waals surface area contributed by atoms with Crippen molar-refractivity contribution in [3.63, 3.8) is 0 Å². The Balaban J connectivity index is 1.76. The topological polar surface area (TPSA) is 96.6 Å². The number of nitrogens with zero attached hydrogens (tertiary/aromatic N) is 2. The van der Waals surface area contributed by atoms with Crippen LogP contribution in [0, 0.1) is 11.7 Å². The first-order valence-electron chi connectivity index (χ1n) is 9.98. The maximum Gasteiger partial charge on any atom is 0.251 e. The molecule has 0 unspecified atom stereocenters. The highest BCUT2D eigenvalue weighted by atomic mass is 19.1. The largest absolute Gasteiger partial charge is 0.502 e. The van der Waals surface area contributed by atoms with Gasteiger partial charge in [-0.25, -0.2) is 9.37 Å². The predicted octanol–water partition coefficient (Wildman–Crippen LogP) is 3.52. The Bertz CT molecular complexity index is 1190. The van der Waals surface area contributed by atoms with Crippen LogP contribution in [0.5, 0.6) is 17.2 Å². The van der Waals surface area contributed by atoms with Gasteiger partial charge in [-0.3, -0.25) is 4.79 Å². The number of hydrogen-bond acceptors (Lipinski definition) is 5. The number of aromatic hydroxyl groups is 2. The number of imidazole rings is 1. The number of carbonyl (C=O) groups is 1. The van der Waals surface area contributed by atoms with Gasteiger partial charge in [0.25, 0.3) is 5.91 Å². The molecule has 3 fully saturated rings. The maximum atomic E-state index is 15.0. The zero-order valence-corrected chi connectivity index (χ0v) is 16.7. The van der Waals surface area contributed by atoms with Crippen molar-refractivity contribution in [2.75, 3.05) is 13.7 Å². The molecule has 3 N–H and O–H groups in total. The van der Waals surface area contributed by atoms with Crippen LogP contribution in [0.4, 0.5) is 4.39 Å². The average molecular weight is 411 g/mol. The summed E-state index contributed by atoms with van der Waals surface area (Å²) in [7, 11) is 1.33. The van der Waals surface area contributed by atoms with Gasteiger partial charge in [0.15, 0.2) is 17.3 Å². The number of benzene rings is 2. The lowest BCUT2D eigenvalue weighted by Gasteiger charge is -2.62. The van der Waals surface area contributed by atoms with Crippen molar-refractivity contribution in [2.24, 2.45) is 5.92 Å². The molecule has 0 spiro atoms. The van der Waals surface area contributed by atoms with Gasteiger partial charge < -0.3 is 24.8 Å². The van der Waals surface area contributed by atoms with Crippen LogP contribution in [0.25, 0.3) is 22.4 Å². The summed E-state index contributed by atoms with van der Waals surface area (Å²) < 4.78 is 22.1. The lowest BCUT2D eigenvalue weighted by atomic mass is 9.49. The molecule has 1 aromatic heterocycles. The van der Waals surface area contributed by atoms with Gasteiger partial charge in [0.2, 0.25) is 5.75 Å². The highest BCUT2D eigenvalue weighted by molar-refractivity contribution is 5.98. The molecule has 1 amide bonds. The Morgan fingerprint density at radius 1 is 1.30 bits per heavy atom. The van der Waals surface area contributed by atoms with E-state index >= 15 is 4.39 Å². The van der Waals surface area contributed by atoms with Gasteiger partial charge in [-0.1, -0.05) is 0 Å². The van der Waals surface area contributed by atoms with Crippen LogP contribution in [0.2, 0.25) is 0 Å². The third-order valence-electron chi connectivity index (χ3n) is 6.37. The minimum atomic E-state index is -0.958. The minimum absolute atomic E-state index is 0.0388. The zero-order chi connectivity index (χ0) is 21.2. The highest BCUT2D eigenvalue weighted by Crippen LogP contribution is 2.64. The average Bonchev–Trinajstić information content (AvgIpc) is 3.03. The van der Waals surface area contributed by atoms with Gasteiger partial charge >= 0.3 is 0 Å². The fraction of sp³-hybridized carbons (Fsp3) is 0.364. The van der Waals surface area contributed by atoms with E-state index in [1.807, 2.05) is 11.5 Å². The van der Waals surface area contributed by atoms with E-state index in [1.165, 1.54) is 13.2 Å². The van der Waals surface area contributed by atoms with Crippen LogP contribution in [-0.2, 0) is 5.54 Å². The summed E-state index contributed by atoms with van der Waals surface area (Å²) in [6, 6.07) is 6.58. The smallest absolute Gasteiger partial charge is 0.251 e. The molecule has 30 heavy (non-hydrogen) atoms. The lowest BCUT2D eigenvalue weighted by Crippen LogP contribution is -2.59. The molecule has 6 rings (SSSR count). The number of amides is 1. The summed E-state index contributed by atoms with van der Waals surface area (Å²) in [6.07, 6.45) is 2.92. The number of halogens is 1. The number of ether oxygens (including phenoxy) is 1. The highest BCUT2D eigenvalue weighted by Gasteiger charge is 2.59. The molecule has 3 aliphatic carbocycles. The van der Waals surface area contributed by atoms with Gasteiger partial charge in [0, 0.05) is 17.6 Å². The van der Waals surface area contributed by atoms with Crippen molar-refractivity contribution in [2.45, 2.75) is 31.7 Å². The number of methoxy groups -OCH3 is 1. The molecular weight excluding hydrogens is 389 g/mol. The van der Waals surface area contributed by atoms with Crippen molar-refractivity contribution in [3.8, 4) is 28.6 Å². The van der Waals surface area contributed by atoms with Crippen LogP contribution >= 0.6 is 0 Å². The molecule has 0 saturated heterocycles. The molecule has 0 atom stereocenters. The Kier molecular flexibility index (Phi) is 3.96. The standard InChI is InChI=1S/C22H22FN3O4/c1-3-24-21(29)12-4-5-14-15(6-12)26(22-8-11(9-22)10-22)20(25-14)13-7-16(30-2)18(27)19(28)17(13)23/h4-7,11,27-28H,3,8-10H2,1-2H3,(H,24,29). The minimum Gasteiger partial charge on any atom is -0.502 e. The molecule has 0 radical (unpaired) electrons. The first-order valence-corrected chi connectivity index (χ1v) is 9.98. The lowest BCUT2D eigenvalue weighted by molar-refractivity contribution is -0.0846. The number of hydrogen-bond donors (Lipinski definition) is 3. The Labute approximate surface area is 172 Å². The first kappa shape index (κ1) is 18.7. The Hall–Kier alpha value is -3.29. The molecule has 2 bridgehead atoms. The van der Waals surface area contributed by atoms with Crippen molar-refractivity contribution < 1.29 is 24.1 Å². The summed E-state index contributed by atoms with van der Waals surface area (Å²) >= 11 is 0. The number of nitrogens with one attached hydrogen (secondary N) is 1. The molecular formula is C22H22FN3O4. The first-order chi connectivity index (χ1) is 14.4. The summed E-state index contributed by atoms with van der Waals surface area (Å²) in [5.41, 5.74) is 1.77. The van der Waals surface area contributed by atoms with Gasteiger partial charge in [-0.2, -0.15) is 0 Å². The number of carbonyl (C=O) groups excluding carboxylic acids is 1. The second kappa shape index (κ2) is 6.35. The number of fused-ring (bicyclic) bond motifs is 1. The summed E-state index contributed by atoms with van der Waals surface area (Å²) in [5.74, 6) is -1.68. The Morgan fingerprint density at radius 3 is 2.63 bits per heavy atom. The van der Waals surface area contributed by atoms with Crippen molar-refractivity contribution >= 4 is 16.9 Å². The fourth-order valence-corrected chi connectivity index (χ4v) is 4.78. The molecule has 1 heterocycles. The third-order valence-corrected chi connectivity index (χ3v) is 6.37. The fourth-order valence-electron chi connectivity index (χ4n) is 4.78. The number of phenolic OH excluding ortho intramolecular Hbond substituents is 2. The number of phenols is 2. The summed E-state index contributed by atoms with van der Waals surface area (Å²) in [5, 5.41) is 22.8. The number of rotatable bonds is 5. The molecule has 156 valence electrons. The molecule has 3 saturated carbocycles. The Morgan fingerprint density at radius 2 is 2.03 bits per heavy atom. The van der Waals surface area contributed by atoms with Crippen molar-refractivity contribution in [3.05, 3.63) is 35.6 Å². The van der Waals surface area contributed by atoms with E-state index in [9.17, 15) is 15.0 Å². The molecule has 2 aromatic carbocycles. The van der Waals surface area contributed by atoms with Crippen LogP contribution in [0.15, 0.2) is 24.3 Å². The van der Waals surface area contributed by atoms with Gasteiger partial charge in [0.1, 0.15) is 5.82 Å². The van der Waals surface area contributed by atoms with E-state index in [2.05, 4.69) is 10.3 Å². The SMILES string of the molecule is CCNC(=O)c1ccc2nc(-c3cc(OC)c(O)c(O)c3F)n(C34CC(C3)C4)c2c1. The van der Waals surface area contributed by atoms with E-state index in [-0.39, 0.29) is 22.8 Å². The maximum absolute atomic E-state index is 15.0. The van der Waals surface area contributed by atoms with E-state index < -0.39 is 17.3 Å². The van der Waals surface area contributed by atoms with E-state index in [0.717, 1.165) is 24.8 Å². The van der Waals surface area contributed by atoms with Crippen molar-refractivity contribution in [1.29, 1.82) is 0 Å². The van der Waals surface area contributed by atoms with E-state index in [4.69, 9.17) is 4.74 Å². The van der Waals surface area contributed by atoms with Gasteiger partial charge in [-0.15, -0.1) is 0 Å².